The van der Waals surface area contributed by atoms with Crippen LogP contribution in [0.25, 0.3) is 16.9 Å². The number of aromatic nitrogens is 4. The zero-order chi connectivity index (χ0) is 21.6. The van der Waals surface area contributed by atoms with Crippen LogP contribution in [0.3, 0.4) is 0 Å². The van der Waals surface area contributed by atoms with Gasteiger partial charge in [-0.05, 0) is 42.0 Å². The van der Waals surface area contributed by atoms with Crippen LogP contribution in [0.2, 0.25) is 0 Å². The predicted molar refractivity (Wildman–Crippen MR) is 116 cm³/mol. The van der Waals surface area contributed by atoms with Gasteiger partial charge in [-0.2, -0.15) is 0 Å². The highest BCUT2D eigenvalue weighted by atomic mass is 16.5. The van der Waals surface area contributed by atoms with Gasteiger partial charge in [0.15, 0.2) is 11.5 Å². The number of nitrogens with zero attached hydrogens (tertiary/aromatic N) is 4. The molecule has 0 aliphatic carbocycles. The van der Waals surface area contributed by atoms with Gasteiger partial charge in [0.05, 0.1) is 19.4 Å². The van der Waals surface area contributed by atoms with E-state index in [0.29, 0.717) is 36.6 Å². The first-order chi connectivity index (χ1) is 15.2. The number of methoxy groups -OCH3 is 2. The summed E-state index contributed by atoms with van der Waals surface area (Å²) >= 11 is 0. The lowest BCUT2D eigenvalue weighted by Crippen LogP contribution is -2.25. The average molecular weight is 417 g/mol. The van der Waals surface area contributed by atoms with Crippen molar-refractivity contribution >= 4 is 11.6 Å². The standard InChI is InChI=1S/C23H23N5O3/c1-30-14-16-3-5-18(6-4-16)23(29)24-12-11-21-26-22-13-20(25-15-28(22)27-21)17-7-9-19(31-2)10-8-17/h3-10,13,15H,11-12,14H2,1-2H3,(H,24,29). The van der Waals surface area contributed by atoms with Crippen molar-refractivity contribution in [2.45, 2.75) is 13.0 Å². The van der Waals surface area contributed by atoms with Gasteiger partial charge in [-0.1, -0.05) is 12.1 Å². The van der Waals surface area contributed by atoms with Crippen molar-refractivity contribution in [3.8, 4) is 17.0 Å². The maximum atomic E-state index is 12.3. The molecule has 0 saturated carbocycles. The van der Waals surface area contributed by atoms with Crippen molar-refractivity contribution in [3.63, 3.8) is 0 Å². The van der Waals surface area contributed by atoms with Crippen LogP contribution in [0.1, 0.15) is 21.7 Å². The third-order valence-corrected chi connectivity index (χ3v) is 4.82. The van der Waals surface area contributed by atoms with E-state index >= 15 is 0 Å². The first kappa shape index (κ1) is 20.5. The third-order valence-electron chi connectivity index (χ3n) is 4.82. The van der Waals surface area contributed by atoms with Crippen LogP contribution >= 0.6 is 0 Å². The van der Waals surface area contributed by atoms with E-state index in [-0.39, 0.29) is 5.91 Å². The third kappa shape index (κ3) is 4.87. The molecular formula is C23H23N5O3. The van der Waals surface area contributed by atoms with E-state index < -0.39 is 0 Å². The molecule has 158 valence electrons. The number of benzene rings is 2. The van der Waals surface area contributed by atoms with E-state index in [2.05, 4.69) is 20.4 Å². The second-order valence-corrected chi connectivity index (χ2v) is 6.97. The average Bonchev–Trinajstić information content (AvgIpc) is 3.21. The van der Waals surface area contributed by atoms with E-state index in [0.717, 1.165) is 22.6 Å². The lowest BCUT2D eigenvalue weighted by atomic mass is 10.1. The molecule has 0 aliphatic heterocycles. The molecule has 4 aromatic rings. The number of rotatable bonds is 8. The van der Waals surface area contributed by atoms with E-state index in [9.17, 15) is 4.79 Å². The van der Waals surface area contributed by atoms with Crippen molar-refractivity contribution in [1.82, 2.24) is 24.9 Å². The SMILES string of the molecule is COCc1ccc(C(=O)NCCc2nc3cc(-c4ccc(OC)cc4)ncn3n2)cc1. The summed E-state index contributed by atoms with van der Waals surface area (Å²) in [7, 11) is 3.28. The van der Waals surface area contributed by atoms with Gasteiger partial charge >= 0.3 is 0 Å². The van der Waals surface area contributed by atoms with Crippen LogP contribution in [-0.2, 0) is 17.8 Å². The molecule has 2 heterocycles. The summed E-state index contributed by atoms with van der Waals surface area (Å²) in [6.45, 7) is 0.963. The molecule has 0 bridgehead atoms. The van der Waals surface area contributed by atoms with Crippen LogP contribution in [0, 0.1) is 0 Å². The Morgan fingerprint density at radius 3 is 2.55 bits per heavy atom. The van der Waals surface area contributed by atoms with Crippen molar-refractivity contribution in [3.05, 3.63) is 77.9 Å². The molecular weight excluding hydrogens is 394 g/mol. The predicted octanol–water partition coefficient (Wildman–Crippen LogP) is 2.92. The van der Waals surface area contributed by atoms with Crippen molar-refractivity contribution in [2.24, 2.45) is 0 Å². The molecule has 0 unspecified atom stereocenters. The molecule has 2 aromatic carbocycles. The van der Waals surface area contributed by atoms with Gasteiger partial charge in [-0.15, -0.1) is 5.10 Å². The topological polar surface area (TPSA) is 90.6 Å². The van der Waals surface area contributed by atoms with Crippen LogP contribution in [0.4, 0.5) is 0 Å². The molecule has 0 spiro atoms. The normalized spacial score (nSPS) is 10.9. The van der Waals surface area contributed by atoms with E-state index in [1.807, 2.05) is 42.5 Å². The summed E-state index contributed by atoms with van der Waals surface area (Å²) in [5.74, 6) is 1.31. The molecule has 31 heavy (non-hydrogen) atoms. The van der Waals surface area contributed by atoms with Gasteiger partial charge < -0.3 is 14.8 Å². The smallest absolute Gasteiger partial charge is 0.251 e. The van der Waals surface area contributed by atoms with Crippen molar-refractivity contribution in [2.75, 3.05) is 20.8 Å². The summed E-state index contributed by atoms with van der Waals surface area (Å²) in [4.78, 5) is 21.3. The maximum absolute atomic E-state index is 12.3. The monoisotopic (exact) mass is 417 g/mol. The Balaban J connectivity index is 1.38. The lowest BCUT2D eigenvalue weighted by molar-refractivity contribution is 0.0954. The Morgan fingerprint density at radius 2 is 1.84 bits per heavy atom. The summed E-state index contributed by atoms with van der Waals surface area (Å²) in [5, 5.41) is 7.34. The first-order valence-corrected chi connectivity index (χ1v) is 9.88. The second-order valence-electron chi connectivity index (χ2n) is 6.97. The molecule has 2 aromatic heterocycles. The zero-order valence-corrected chi connectivity index (χ0v) is 17.4. The fraction of sp³-hybridized carbons (Fsp3) is 0.217. The summed E-state index contributed by atoms with van der Waals surface area (Å²) in [5.41, 5.74) is 4.11. The molecule has 0 saturated heterocycles. The van der Waals surface area contributed by atoms with Crippen molar-refractivity contribution < 1.29 is 14.3 Å². The Kier molecular flexibility index (Phi) is 6.18. The van der Waals surface area contributed by atoms with Crippen molar-refractivity contribution in [1.29, 1.82) is 0 Å². The number of amides is 1. The number of carbonyl (C=O) groups excluding carboxylic acids is 1. The minimum absolute atomic E-state index is 0.129. The molecule has 0 atom stereocenters. The van der Waals surface area contributed by atoms with E-state index in [1.165, 1.54) is 0 Å². The molecule has 0 aliphatic rings. The minimum Gasteiger partial charge on any atom is -0.497 e. The highest BCUT2D eigenvalue weighted by Gasteiger charge is 2.09. The molecule has 8 heteroatoms. The van der Waals surface area contributed by atoms with Gasteiger partial charge in [0.1, 0.15) is 12.1 Å². The summed E-state index contributed by atoms with van der Waals surface area (Å²) < 4.78 is 11.9. The minimum atomic E-state index is -0.129. The maximum Gasteiger partial charge on any atom is 0.251 e. The molecule has 0 fully saturated rings. The zero-order valence-electron chi connectivity index (χ0n) is 17.4. The van der Waals surface area contributed by atoms with Gasteiger partial charge in [0.25, 0.3) is 5.91 Å². The molecule has 4 rings (SSSR count). The number of carbonyl (C=O) groups is 1. The van der Waals surface area contributed by atoms with Crippen LogP contribution in [0.5, 0.6) is 5.75 Å². The number of nitrogens with one attached hydrogen (secondary N) is 1. The lowest BCUT2D eigenvalue weighted by Gasteiger charge is -2.05. The number of hydrogen-bond acceptors (Lipinski definition) is 6. The summed E-state index contributed by atoms with van der Waals surface area (Å²) in [6, 6.07) is 16.9. The van der Waals surface area contributed by atoms with E-state index in [1.54, 1.807) is 37.2 Å². The number of hydrogen-bond donors (Lipinski definition) is 1. The van der Waals surface area contributed by atoms with Gasteiger partial charge in [-0.3, -0.25) is 4.79 Å². The van der Waals surface area contributed by atoms with Crippen LogP contribution in [-0.4, -0.2) is 46.3 Å². The highest BCUT2D eigenvalue weighted by Crippen LogP contribution is 2.21. The fourth-order valence-corrected chi connectivity index (χ4v) is 3.18. The van der Waals surface area contributed by atoms with Gasteiger partial charge in [-0.25, -0.2) is 14.5 Å². The van der Waals surface area contributed by atoms with Gasteiger partial charge in [0, 0.05) is 37.3 Å². The van der Waals surface area contributed by atoms with Crippen LogP contribution in [0.15, 0.2) is 60.9 Å². The Bertz CT molecular complexity index is 1170. The number of fused-ring (bicyclic) bond motifs is 1. The molecule has 1 N–H and O–H groups in total. The Hall–Kier alpha value is -3.78. The molecule has 0 radical (unpaired) electrons. The highest BCUT2D eigenvalue weighted by molar-refractivity contribution is 5.94. The fourth-order valence-electron chi connectivity index (χ4n) is 3.18. The van der Waals surface area contributed by atoms with Gasteiger partial charge in [0.2, 0.25) is 0 Å². The Labute approximate surface area is 179 Å². The largest absolute Gasteiger partial charge is 0.497 e. The van der Waals surface area contributed by atoms with E-state index in [4.69, 9.17) is 9.47 Å². The number of ether oxygens (including phenoxy) is 2. The summed E-state index contributed by atoms with van der Waals surface area (Å²) in [6.07, 6.45) is 2.17. The molecule has 8 nitrogen and oxygen atoms in total. The van der Waals surface area contributed by atoms with Crippen LogP contribution < -0.4 is 10.1 Å². The quantitative estimate of drug-likeness (QED) is 0.474. The first-order valence-electron chi connectivity index (χ1n) is 9.88. The second kappa shape index (κ2) is 9.36. The molecule has 1 amide bonds. The Morgan fingerprint density at radius 1 is 1.06 bits per heavy atom.